The Morgan fingerprint density at radius 3 is 2.43 bits per heavy atom. The van der Waals surface area contributed by atoms with Gasteiger partial charge in [-0.1, -0.05) is 24.3 Å². The molecule has 0 radical (unpaired) electrons. The summed E-state index contributed by atoms with van der Waals surface area (Å²) in [4.78, 5) is 10.7. The van der Waals surface area contributed by atoms with Gasteiger partial charge in [0.05, 0.1) is 6.42 Å². The standard InChI is InChI=1S/C11H12F2O/c1-8-5-3-4-6-10(8)11(12,13)7-9(2)14/h3-6H,7H2,1-2H3. The molecule has 14 heavy (non-hydrogen) atoms. The summed E-state index contributed by atoms with van der Waals surface area (Å²) in [5.41, 5.74) is 0.453. The maximum absolute atomic E-state index is 13.4. The molecule has 0 atom stereocenters. The zero-order valence-corrected chi connectivity index (χ0v) is 8.18. The van der Waals surface area contributed by atoms with Crippen LogP contribution in [0, 0.1) is 6.92 Å². The predicted molar refractivity (Wildman–Crippen MR) is 50.4 cm³/mol. The van der Waals surface area contributed by atoms with E-state index in [0.717, 1.165) is 0 Å². The Morgan fingerprint density at radius 2 is 1.93 bits per heavy atom. The fourth-order valence-electron chi connectivity index (χ4n) is 1.39. The average Bonchev–Trinajstić information content (AvgIpc) is 2.02. The Kier molecular flexibility index (Phi) is 2.99. The summed E-state index contributed by atoms with van der Waals surface area (Å²) < 4.78 is 26.9. The minimum atomic E-state index is -3.04. The molecular formula is C11H12F2O. The Balaban J connectivity index is 3.03. The van der Waals surface area contributed by atoms with Crippen molar-refractivity contribution in [3.63, 3.8) is 0 Å². The van der Waals surface area contributed by atoms with Gasteiger partial charge in [-0.3, -0.25) is 4.79 Å². The molecule has 0 aliphatic rings. The molecule has 0 unspecified atom stereocenters. The van der Waals surface area contributed by atoms with Crippen molar-refractivity contribution in [2.75, 3.05) is 0 Å². The predicted octanol–water partition coefficient (Wildman–Crippen LogP) is 3.07. The molecule has 0 aliphatic carbocycles. The van der Waals surface area contributed by atoms with Gasteiger partial charge in [0, 0.05) is 5.56 Å². The number of halogens is 2. The van der Waals surface area contributed by atoms with Gasteiger partial charge in [0.25, 0.3) is 5.92 Å². The Bertz CT molecular complexity index is 345. The molecule has 0 heterocycles. The van der Waals surface area contributed by atoms with E-state index in [9.17, 15) is 13.6 Å². The number of ketones is 1. The van der Waals surface area contributed by atoms with Gasteiger partial charge in [-0.2, -0.15) is 0 Å². The lowest BCUT2D eigenvalue weighted by atomic mass is 9.99. The van der Waals surface area contributed by atoms with Crippen molar-refractivity contribution in [3.8, 4) is 0 Å². The largest absolute Gasteiger partial charge is 0.300 e. The van der Waals surface area contributed by atoms with E-state index in [2.05, 4.69) is 0 Å². The monoisotopic (exact) mass is 198 g/mol. The number of Topliss-reactive ketones (excluding diaryl/α,β-unsaturated/α-hetero) is 1. The summed E-state index contributed by atoms with van der Waals surface area (Å²) in [6, 6.07) is 6.22. The SMILES string of the molecule is CC(=O)CC(F)(F)c1ccccc1C. The molecule has 0 amide bonds. The fourth-order valence-corrected chi connectivity index (χ4v) is 1.39. The number of alkyl halides is 2. The minimum Gasteiger partial charge on any atom is -0.300 e. The van der Waals surface area contributed by atoms with Crippen LogP contribution in [0.2, 0.25) is 0 Å². The van der Waals surface area contributed by atoms with E-state index in [4.69, 9.17) is 0 Å². The van der Waals surface area contributed by atoms with Gasteiger partial charge in [-0.25, -0.2) is 8.78 Å². The second-order valence-electron chi connectivity index (χ2n) is 3.40. The van der Waals surface area contributed by atoms with Crippen molar-refractivity contribution >= 4 is 5.78 Å². The molecule has 0 bridgehead atoms. The molecule has 0 aliphatic heterocycles. The summed E-state index contributed by atoms with van der Waals surface area (Å²) >= 11 is 0. The van der Waals surface area contributed by atoms with Crippen LogP contribution in [0.3, 0.4) is 0 Å². The van der Waals surface area contributed by atoms with Crippen LogP contribution >= 0.6 is 0 Å². The molecule has 0 aromatic heterocycles. The molecule has 1 aromatic carbocycles. The zero-order chi connectivity index (χ0) is 10.8. The molecule has 1 aromatic rings. The topological polar surface area (TPSA) is 17.1 Å². The lowest BCUT2D eigenvalue weighted by molar-refractivity contribution is -0.124. The molecule has 0 saturated carbocycles. The molecule has 76 valence electrons. The first kappa shape index (κ1) is 10.8. The van der Waals surface area contributed by atoms with E-state index in [-0.39, 0.29) is 5.56 Å². The second kappa shape index (κ2) is 3.86. The van der Waals surface area contributed by atoms with Crippen molar-refractivity contribution in [1.82, 2.24) is 0 Å². The summed E-state index contributed by atoms with van der Waals surface area (Å²) in [5, 5.41) is 0. The molecule has 0 N–H and O–H groups in total. The van der Waals surface area contributed by atoms with E-state index in [0.29, 0.717) is 5.56 Å². The second-order valence-corrected chi connectivity index (χ2v) is 3.40. The quantitative estimate of drug-likeness (QED) is 0.729. The highest BCUT2D eigenvalue weighted by molar-refractivity contribution is 5.76. The molecule has 0 spiro atoms. The van der Waals surface area contributed by atoms with Crippen LogP contribution in [-0.2, 0) is 10.7 Å². The third kappa shape index (κ3) is 2.37. The summed E-state index contributed by atoms with van der Waals surface area (Å²) in [6.45, 7) is 2.79. The van der Waals surface area contributed by atoms with E-state index in [1.54, 1.807) is 25.1 Å². The maximum atomic E-state index is 13.4. The molecule has 1 rings (SSSR count). The molecule has 1 nitrogen and oxygen atoms in total. The van der Waals surface area contributed by atoms with Crippen LogP contribution in [0.5, 0.6) is 0 Å². The third-order valence-corrected chi connectivity index (χ3v) is 2.01. The number of carbonyl (C=O) groups excluding carboxylic acids is 1. The summed E-state index contributed by atoms with van der Waals surface area (Å²) in [6.07, 6.45) is -0.724. The van der Waals surface area contributed by atoms with Gasteiger partial charge in [0.15, 0.2) is 0 Å². The van der Waals surface area contributed by atoms with Gasteiger partial charge in [-0.05, 0) is 19.4 Å². The van der Waals surface area contributed by atoms with Gasteiger partial charge in [-0.15, -0.1) is 0 Å². The number of rotatable bonds is 3. The van der Waals surface area contributed by atoms with Crippen molar-refractivity contribution in [2.45, 2.75) is 26.2 Å². The first-order chi connectivity index (χ1) is 6.43. The van der Waals surface area contributed by atoms with Gasteiger partial charge >= 0.3 is 0 Å². The van der Waals surface area contributed by atoms with Gasteiger partial charge < -0.3 is 0 Å². The van der Waals surface area contributed by atoms with E-state index >= 15 is 0 Å². The molecule has 3 heteroatoms. The summed E-state index contributed by atoms with van der Waals surface area (Å²) in [7, 11) is 0. The van der Waals surface area contributed by atoms with Crippen LogP contribution in [0.1, 0.15) is 24.5 Å². The highest BCUT2D eigenvalue weighted by atomic mass is 19.3. The first-order valence-electron chi connectivity index (χ1n) is 4.37. The molecule has 0 saturated heterocycles. The summed E-state index contributed by atoms with van der Waals surface area (Å²) in [5.74, 6) is -3.55. The van der Waals surface area contributed by atoms with Crippen molar-refractivity contribution in [2.24, 2.45) is 0 Å². The van der Waals surface area contributed by atoms with Gasteiger partial charge in [0.1, 0.15) is 5.78 Å². The number of hydrogen-bond donors (Lipinski definition) is 0. The Morgan fingerprint density at radius 1 is 1.36 bits per heavy atom. The van der Waals surface area contributed by atoms with Crippen LogP contribution in [0.25, 0.3) is 0 Å². The highest BCUT2D eigenvalue weighted by Crippen LogP contribution is 2.33. The van der Waals surface area contributed by atoms with Crippen molar-refractivity contribution < 1.29 is 13.6 Å². The third-order valence-electron chi connectivity index (χ3n) is 2.01. The van der Waals surface area contributed by atoms with E-state index in [1.807, 2.05) is 0 Å². The van der Waals surface area contributed by atoms with Crippen LogP contribution in [0.4, 0.5) is 8.78 Å². The van der Waals surface area contributed by atoms with Crippen LogP contribution in [-0.4, -0.2) is 5.78 Å². The lowest BCUT2D eigenvalue weighted by Gasteiger charge is -2.17. The van der Waals surface area contributed by atoms with Crippen LogP contribution in [0.15, 0.2) is 24.3 Å². The Labute approximate surface area is 81.7 Å². The molecular weight excluding hydrogens is 186 g/mol. The number of aryl methyl sites for hydroxylation is 1. The van der Waals surface area contributed by atoms with Gasteiger partial charge in [0.2, 0.25) is 0 Å². The smallest absolute Gasteiger partial charge is 0.280 e. The number of benzene rings is 1. The van der Waals surface area contributed by atoms with E-state index in [1.165, 1.54) is 13.0 Å². The minimum absolute atomic E-state index is 0.0600. The normalized spacial score (nSPS) is 11.4. The van der Waals surface area contributed by atoms with Crippen molar-refractivity contribution in [3.05, 3.63) is 35.4 Å². The number of carbonyl (C=O) groups is 1. The van der Waals surface area contributed by atoms with Crippen molar-refractivity contribution in [1.29, 1.82) is 0 Å². The lowest BCUT2D eigenvalue weighted by Crippen LogP contribution is -2.18. The van der Waals surface area contributed by atoms with Crippen LogP contribution < -0.4 is 0 Å². The Hall–Kier alpha value is -1.25. The highest BCUT2D eigenvalue weighted by Gasteiger charge is 2.34. The molecule has 0 fully saturated rings. The maximum Gasteiger partial charge on any atom is 0.280 e. The average molecular weight is 198 g/mol. The number of hydrogen-bond acceptors (Lipinski definition) is 1. The zero-order valence-electron chi connectivity index (χ0n) is 8.18. The van der Waals surface area contributed by atoms with E-state index < -0.39 is 18.1 Å². The first-order valence-corrected chi connectivity index (χ1v) is 4.37. The fraction of sp³-hybridized carbons (Fsp3) is 0.364.